The van der Waals surface area contributed by atoms with E-state index in [-0.39, 0.29) is 19.1 Å². The maximum absolute atomic E-state index is 13.3. The standard InChI is InChI=1S/C29H37NO6/c1-4-35-27(32)18-17-26(31)24(16-15-22-11-7-5-8-12-22)28(33)30-25(19-21(2)3)29(34)36-20-23-13-9-6-10-14-23/h5-14,17-18,21,24-26,31H,4,15-16,19-20H2,1-3H3,(H,30,33)/b18-17+/t24-,25-,26-/m0/s1. The van der Waals surface area contributed by atoms with Crippen LogP contribution < -0.4 is 5.32 Å². The molecular weight excluding hydrogens is 458 g/mol. The molecular formula is C29H37NO6. The van der Waals surface area contributed by atoms with E-state index in [0.29, 0.717) is 19.3 Å². The second-order valence-electron chi connectivity index (χ2n) is 9.02. The van der Waals surface area contributed by atoms with Gasteiger partial charge in [0.25, 0.3) is 0 Å². The van der Waals surface area contributed by atoms with Gasteiger partial charge >= 0.3 is 11.9 Å². The molecule has 0 spiro atoms. The maximum atomic E-state index is 13.3. The van der Waals surface area contributed by atoms with Crippen molar-refractivity contribution in [1.29, 1.82) is 0 Å². The Bertz CT molecular complexity index is 974. The molecule has 0 aliphatic heterocycles. The molecule has 1 amide bonds. The van der Waals surface area contributed by atoms with Crippen molar-refractivity contribution in [1.82, 2.24) is 5.32 Å². The molecule has 2 N–H and O–H groups in total. The minimum Gasteiger partial charge on any atom is -0.463 e. The SMILES string of the molecule is CCOC(=O)/C=C/[C@H](O)[C@H](CCc1ccccc1)C(=O)N[C@@H](CC(C)C)C(=O)OCc1ccccc1. The van der Waals surface area contributed by atoms with Gasteiger partial charge in [-0.2, -0.15) is 0 Å². The van der Waals surface area contributed by atoms with Crippen LogP contribution in [0, 0.1) is 11.8 Å². The number of benzene rings is 2. The van der Waals surface area contributed by atoms with Gasteiger partial charge in [-0.1, -0.05) is 74.5 Å². The number of hydrogen-bond donors (Lipinski definition) is 2. The summed E-state index contributed by atoms with van der Waals surface area (Å²) in [6, 6.07) is 18.1. The summed E-state index contributed by atoms with van der Waals surface area (Å²) >= 11 is 0. The van der Waals surface area contributed by atoms with Gasteiger partial charge in [-0.25, -0.2) is 9.59 Å². The Morgan fingerprint density at radius 1 is 0.944 bits per heavy atom. The molecule has 194 valence electrons. The van der Waals surface area contributed by atoms with Crippen LogP contribution in [0.2, 0.25) is 0 Å². The minimum absolute atomic E-state index is 0.104. The van der Waals surface area contributed by atoms with Crippen LogP contribution >= 0.6 is 0 Å². The van der Waals surface area contributed by atoms with Crippen molar-refractivity contribution in [3.05, 3.63) is 83.9 Å². The molecule has 0 aliphatic carbocycles. The lowest BCUT2D eigenvalue weighted by atomic mass is 9.92. The molecule has 0 fully saturated rings. The van der Waals surface area contributed by atoms with E-state index in [4.69, 9.17) is 9.47 Å². The predicted octanol–water partition coefficient (Wildman–Crippen LogP) is 3.99. The van der Waals surface area contributed by atoms with Crippen LogP contribution in [0.3, 0.4) is 0 Å². The van der Waals surface area contributed by atoms with E-state index in [9.17, 15) is 19.5 Å². The highest BCUT2D eigenvalue weighted by atomic mass is 16.5. The van der Waals surface area contributed by atoms with Gasteiger partial charge in [-0.3, -0.25) is 4.79 Å². The molecule has 0 unspecified atom stereocenters. The normalized spacial score (nSPS) is 13.7. The molecule has 0 aliphatic rings. The molecule has 2 aromatic carbocycles. The minimum atomic E-state index is -1.24. The first-order valence-corrected chi connectivity index (χ1v) is 12.4. The molecule has 0 bridgehead atoms. The lowest BCUT2D eigenvalue weighted by molar-refractivity contribution is -0.150. The Morgan fingerprint density at radius 2 is 1.56 bits per heavy atom. The third kappa shape index (κ3) is 10.4. The summed E-state index contributed by atoms with van der Waals surface area (Å²) in [6.45, 7) is 5.90. The first-order chi connectivity index (χ1) is 17.3. The van der Waals surface area contributed by atoms with Crippen LogP contribution in [-0.2, 0) is 36.9 Å². The van der Waals surface area contributed by atoms with Gasteiger partial charge < -0.3 is 19.9 Å². The number of aliphatic hydroxyl groups excluding tert-OH is 1. The van der Waals surface area contributed by atoms with Crippen LogP contribution in [-0.4, -0.2) is 41.7 Å². The fourth-order valence-electron chi connectivity index (χ4n) is 3.72. The van der Waals surface area contributed by atoms with E-state index in [0.717, 1.165) is 17.2 Å². The van der Waals surface area contributed by atoms with Crippen LogP contribution in [0.15, 0.2) is 72.8 Å². The molecule has 2 aromatic rings. The van der Waals surface area contributed by atoms with Gasteiger partial charge in [-0.05, 0) is 49.3 Å². The average molecular weight is 496 g/mol. The van der Waals surface area contributed by atoms with Gasteiger partial charge in [0.15, 0.2) is 0 Å². The Morgan fingerprint density at radius 3 is 2.14 bits per heavy atom. The molecule has 0 saturated heterocycles. The topological polar surface area (TPSA) is 102 Å². The number of amides is 1. The lowest BCUT2D eigenvalue weighted by Gasteiger charge is -2.25. The van der Waals surface area contributed by atoms with Gasteiger partial charge in [0.05, 0.1) is 18.6 Å². The van der Waals surface area contributed by atoms with Crippen molar-refractivity contribution in [2.45, 2.75) is 58.8 Å². The zero-order valence-corrected chi connectivity index (χ0v) is 21.3. The summed E-state index contributed by atoms with van der Waals surface area (Å²) in [5, 5.41) is 13.6. The van der Waals surface area contributed by atoms with E-state index in [1.807, 2.05) is 74.5 Å². The molecule has 36 heavy (non-hydrogen) atoms. The van der Waals surface area contributed by atoms with Crippen LogP contribution in [0.5, 0.6) is 0 Å². The fraction of sp³-hybridized carbons (Fsp3) is 0.414. The molecule has 0 heterocycles. The van der Waals surface area contributed by atoms with Crippen molar-refractivity contribution in [2.75, 3.05) is 6.61 Å². The monoisotopic (exact) mass is 495 g/mol. The van der Waals surface area contributed by atoms with Gasteiger partial charge in [0.2, 0.25) is 5.91 Å². The van der Waals surface area contributed by atoms with Crippen molar-refractivity contribution in [2.24, 2.45) is 11.8 Å². The van der Waals surface area contributed by atoms with Crippen molar-refractivity contribution < 1.29 is 29.0 Å². The Hall–Kier alpha value is -3.45. The van der Waals surface area contributed by atoms with E-state index in [2.05, 4.69) is 5.32 Å². The van der Waals surface area contributed by atoms with Crippen LogP contribution in [0.25, 0.3) is 0 Å². The molecule has 7 heteroatoms. The number of carbonyl (C=O) groups excluding carboxylic acids is 3. The summed E-state index contributed by atoms with van der Waals surface area (Å²) in [5.74, 6) is -2.36. The van der Waals surface area contributed by atoms with Crippen LogP contribution in [0.4, 0.5) is 0 Å². The third-order valence-electron chi connectivity index (χ3n) is 5.58. The zero-order valence-electron chi connectivity index (χ0n) is 21.3. The predicted molar refractivity (Wildman–Crippen MR) is 138 cm³/mol. The molecule has 0 saturated carbocycles. The number of carbonyl (C=O) groups is 3. The largest absolute Gasteiger partial charge is 0.463 e. The first-order valence-electron chi connectivity index (χ1n) is 12.4. The van der Waals surface area contributed by atoms with Gasteiger partial charge in [-0.15, -0.1) is 0 Å². The van der Waals surface area contributed by atoms with Crippen molar-refractivity contribution >= 4 is 17.8 Å². The lowest BCUT2D eigenvalue weighted by Crippen LogP contribution is -2.47. The van der Waals surface area contributed by atoms with Gasteiger partial charge in [0, 0.05) is 6.08 Å². The number of esters is 2. The van der Waals surface area contributed by atoms with E-state index >= 15 is 0 Å². The summed E-state index contributed by atoms with van der Waals surface area (Å²) < 4.78 is 10.3. The number of rotatable bonds is 14. The Labute approximate surface area is 213 Å². The van der Waals surface area contributed by atoms with E-state index in [1.54, 1.807) is 6.92 Å². The fourth-order valence-corrected chi connectivity index (χ4v) is 3.72. The number of aliphatic hydroxyl groups is 1. The second-order valence-corrected chi connectivity index (χ2v) is 9.02. The maximum Gasteiger partial charge on any atom is 0.330 e. The zero-order chi connectivity index (χ0) is 26.3. The van der Waals surface area contributed by atoms with Crippen molar-refractivity contribution in [3.8, 4) is 0 Å². The molecule has 0 aromatic heterocycles. The number of hydrogen-bond acceptors (Lipinski definition) is 6. The number of nitrogens with one attached hydrogen (secondary N) is 1. The molecule has 3 atom stereocenters. The number of aryl methyl sites for hydroxylation is 1. The summed E-state index contributed by atoms with van der Waals surface area (Å²) in [6.07, 6.45) is 2.39. The first kappa shape index (κ1) is 28.8. The smallest absolute Gasteiger partial charge is 0.330 e. The number of ether oxygens (including phenoxy) is 2. The van der Waals surface area contributed by atoms with Crippen molar-refractivity contribution in [3.63, 3.8) is 0 Å². The van der Waals surface area contributed by atoms with E-state index in [1.165, 1.54) is 6.08 Å². The summed E-state index contributed by atoms with van der Waals surface area (Å²) in [5.41, 5.74) is 1.86. The second kappa shape index (κ2) is 15.5. The molecule has 7 nitrogen and oxygen atoms in total. The van der Waals surface area contributed by atoms with Crippen LogP contribution in [0.1, 0.15) is 44.7 Å². The quantitative estimate of drug-likeness (QED) is 0.304. The van der Waals surface area contributed by atoms with Gasteiger partial charge in [0.1, 0.15) is 12.6 Å². The summed E-state index contributed by atoms with van der Waals surface area (Å²) in [7, 11) is 0. The highest BCUT2D eigenvalue weighted by Crippen LogP contribution is 2.17. The average Bonchev–Trinajstić information content (AvgIpc) is 2.87. The molecule has 0 radical (unpaired) electrons. The highest BCUT2D eigenvalue weighted by molar-refractivity contribution is 5.86. The summed E-state index contributed by atoms with van der Waals surface area (Å²) in [4.78, 5) is 37.9. The Balaban J connectivity index is 2.13. The van der Waals surface area contributed by atoms with E-state index < -0.39 is 35.9 Å². The third-order valence-corrected chi connectivity index (χ3v) is 5.58. The molecule has 2 rings (SSSR count). The highest BCUT2D eigenvalue weighted by Gasteiger charge is 2.30. The Kier molecular flexibility index (Phi) is 12.4.